The van der Waals surface area contributed by atoms with Gasteiger partial charge >= 0.3 is 5.65 Å². The summed E-state index contributed by atoms with van der Waals surface area (Å²) < 4.78 is 36.9. The van der Waals surface area contributed by atoms with Gasteiger partial charge in [0.25, 0.3) is 19.3 Å². The molecule has 3 aromatic rings. The second kappa shape index (κ2) is 8.33. The number of benzene rings is 1. The highest BCUT2D eigenvalue weighted by molar-refractivity contribution is 7.44. The van der Waals surface area contributed by atoms with E-state index in [-0.39, 0.29) is 23.7 Å². The molecule has 1 aliphatic heterocycles. The number of nitrogens with zero attached hydrogens (tertiary/aromatic N) is 3. The number of aliphatic hydroxyl groups is 2. The van der Waals surface area contributed by atoms with Crippen LogP contribution in [0.2, 0.25) is 0 Å². The topological polar surface area (TPSA) is 200 Å². The van der Waals surface area contributed by atoms with Crippen LogP contribution in [0.4, 0.5) is 10.3 Å². The van der Waals surface area contributed by atoms with Crippen LogP contribution >= 0.6 is 7.82 Å². The van der Waals surface area contributed by atoms with Crippen molar-refractivity contribution in [2.45, 2.75) is 31.1 Å². The highest BCUT2D eigenvalue weighted by Crippen LogP contribution is 2.34. The van der Waals surface area contributed by atoms with Gasteiger partial charge in [-0.05, 0) is 17.7 Å². The van der Waals surface area contributed by atoms with Gasteiger partial charge in [0.1, 0.15) is 24.1 Å². The number of halogens is 1. The molecule has 1 aromatic carbocycles. The highest BCUT2D eigenvalue weighted by Gasteiger charge is 2.47. The summed E-state index contributed by atoms with van der Waals surface area (Å²) in [5.41, 5.74) is 5.60. The van der Waals surface area contributed by atoms with Crippen LogP contribution in [0.3, 0.4) is 0 Å². The summed E-state index contributed by atoms with van der Waals surface area (Å²) in [5.74, 6) is -0.691. The summed E-state index contributed by atoms with van der Waals surface area (Å²) in [6.07, 6.45) is -4.42. The van der Waals surface area contributed by atoms with Crippen molar-refractivity contribution in [3.63, 3.8) is 0 Å². The van der Waals surface area contributed by atoms with E-state index in [1.807, 2.05) is 0 Å². The molecule has 0 aliphatic carbocycles. The van der Waals surface area contributed by atoms with E-state index in [4.69, 9.17) is 15.4 Å². The minimum atomic E-state index is -5.09. The Bertz CT molecular complexity index is 1260. The lowest BCUT2D eigenvalue weighted by molar-refractivity contribution is -0.745. The van der Waals surface area contributed by atoms with Gasteiger partial charge in [0.2, 0.25) is 11.7 Å². The minimum Gasteiger partial charge on any atom is -0.756 e. The highest BCUT2D eigenvalue weighted by atomic mass is 31.2. The number of phosphoric ester groups is 1. The van der Waals surface area contributed by atoms with Crippen molar-refractivity contribution < 1.29 is 42.8 Å². The quantitative estimate of drug-likeness (QED) is 0.195. The Hall–Kier alpha value is -2.71. The van der Waals surface area contributed by atoms with E-state index in [9.17, 15) is 28.9 Å². The third kappa shape index (κ3) is 4.42. The number of nitrogens with one attached hydrogen (secondary N) is 1. The Balaban J connectivity index is 1.74. The molecule has 0 radical (unpaired) electrons. The van der Waals surface area contributed by atoms with E-state index in [0.29, 0.717) is 5.56 Å². The molecule has 6 N–H and O–H groups in total. The number of H-pyrrole nitrogens is 1. The molecule has 13 nitrogen and oxygen atoms in total. The average Bonchev–Trinajstić information content (AvgIpc) is 3.17. The van der Waals surface area contributed by atoms with Crippen LogP contribution < -0.4 is 20.8 Å². The van der Waals surface area contributed by atoms with Crippen molar-refractivity contribution in [3.05, 3.63) is 52.3 Å². The number of imidazole rings is 1. The van der Waals surface area contributed by atoms with Crippen molar-refractivity contribution in [2.75, 3.05) is 12.3 Å². The van der Waals surface area contributed by atoms with Crippen LogP contribution in [-0.4, -0.2) is 54.6 Å². The van der Waals surface area contributed by atoms with Crippen molar-refractivity contribution in [1.82, 2.24) is 14.5 Å². The average molecular weight is 471 g/mol. The molecule has 4 rings (SSSR count). The van der Waals surface area contributed by atoms with E-state index in [1.54, 1.807) is 6.07 Å². The van der Waals surface area contributed by atoms with E-state index in [1.165, 1.54) is 33.7 Å². The van der Waals surface area contributed by atoms with Crippen LogP contribution in [0.15, 0.2) is 35.4 Å². The summed E-state index contributed by atoms with van der Waals surface area (Å²) >= 11 is 0. The number of aromatic nitrogens is 4. The largest absolute Gasteiger partial charge is 0.756 e. The van der Waals surface area contributed by atoms with E-state index < -0.39 is 50.3 Å². The molecule has 172 valence electrons. The Labute approximate surface area is 178 Å². The number of hydrogen-bond donors (Lipinski definition) is 5. The maximum Gasteiger partial charge on any atom is 0.313 e. The van der Waals surface area contributed by atoms with Crippen LogP contribution in [0.25, 0.3) is 11.2 Å². The number of nitrogens with two attached hydrogens (primary N) is 1. The molecule has 0 spiro atoms. The first-order chi connectivity index (χ1) is 15.0. The number of aliphatic hydroxyl groups excluding tert-OH is 2. The minimum absolute atomic E-state index is 0.00266. The summed E-state index contributed by atoms with van der Waals surface area (Å²) in [6, 6.07) is 5.70. The summed E-state index contributed by atoms with van der Waals surface area (Å²) in [5, 5.41) is 20.7. The van der Waals surface area contributed by atoms with Gasteiger partial charge in [-0.25, -0.2) is 8.96 Å². The lowest BCUT2D eigenvalue weighted by atomic mass is 10.1. The third-order valence-corrected chi connectivity index (χ3v) is 5.42. The lowest BCUT2D eigenvalue weighted by Gasteiger charge is -2.19. The molecule has 1 saturated heterocycles. The first kappa shape index (κ1) is 22.5. The van der Waals surface area contributed by atoms with Crippen molar-refractivity contribution in [1.29, 1.82) is 0 Å². The number of fused-ring (bicyclic) bond motifs is 1. The number of phosphoric acid groups is 1. The van der Waals surface area contributed by atoms with Crippen LogP contribution in [0.5, 0.6) is 0 Å². The smallest absolute Gasteiger partial charge is 0.313 e. The summed E-state index contributed by atoms with van der Waals surface area (Å²) in [4.78, 5) is 38.6. The number of hydrogen-bond acceptors (Lipinski definition) is 9. The van der Waals surface area contributed by atoms with Crippen molar-refractivity contribution in [3.8, 4) is 0 Å². The number of ether oxygens (including phenoxy) is 1. The molecule has 32 heavy (non-hydrogen) atoms. The molecular weight excluding hydrogens is 452 g/mol. The molecule has 1 aliphatic rings. The Morgan fingerprint density at radius 2 is 2.16 bits per heavy atom. The fourth-order valence-electron chi connectivity index (χ4n) is 3.58. The van der Waals surface area contributed by atoms with Gasteiger partial charge < -0.3 is 35.0 Å². The van der Waals surface area contributed by atoms with Crippen LogP contribution in [-0.2, 0) is 20.4 Å². The molecule has 5 atom stereocenters. The Kier molecular flexibility index (Phi) is 5.85. The fraction of sp³-hybridized carbons (Fsp3) is 0.353. The van der Waals surface area contributed by atoms with Gasteiger partial charge in [0.15, 0.2) is 6.33 Å². The maximum atomic E-state index is 13.6. The third-order valence-electron chi connectivity index (χ3n) is 4.95. The first-order valence-electron chi connectivity index (χ1n) is 9.27. The molecule has 1 fully saturated rings. The summed E-state index contributed by atoms with van der Waals surface area (Å²) in [7, 11) is -5.09. The number of rotatable bonds is 6. The monoisotopic (exact) mass is 471 g/mol. The molecule has 0 saturated carbocycles. The van der Waals surface area contributed by atoms with Crippen LogP contribution in [0, 0.1) is 5.82 Å². The number of nitrogen functional groups attached to an aromatic ring is 1. The van der Waals surface area contributed by atoms with E-state index in [0.717, 1.165) is 0 Å². The predicted octanol–water partition coefficient (Wildman–Crippen LogP) is -2.12. The predicted molar refractivity (Wildman–Crippen MR) is 102 cm³/mol. The standard InChI is InChI=1S/C17H19FN5O8P/c18-9-3-1-2-8(4-9)5-22-7-23(14-11(22)15(26)21-17(19)20-14)16-13(25)12(24)10(31-16)6-30-32(27,28)29/h1-4,7,10,12-13,16,24-25H,5-6H2,(H4-,19,20,21,26,27,28,29)/t10-,12-,13-,16-/m1/s1. The molecule has 1 unspecified atom stereocenters. The van der Waals surface area contributed by atoms with Gasteiger partial charge in [-0.2, -0.15) is 0 Å². The van der Waals surface area contributed by atoms with Gasteiger partial charge in [0.05, 0.1) is 13.2 Å². The van der Waals surface area contributed by atoms with Crippen LogP contribution in [0.1, 0.15) is 11.8 Å². The second-order valence-electron chi connectivity index (χ2n) is 7.21. The van der Waals surface area contributed by atoms with E-state index in [2.05, 4.69) is 14.5 Å². The SMILES string of the molecule is Nc1nc2c(c(=O)[nH]1)n(Cc1cccc(F)c1)c[n+]2[C@@H]1O[C@H](COP(=O)([O-])O)[C@@H](O)[C@H]1O. The van der Waals surface area contributed by atoms with Gasteiger partial charge in [-0.3, -0.25) is 18.9 Å². The zero-order valence-corrected chi connectivity index (χ0v) is 17.1. The Morgan fingerprint density at radius 3 is 2.84 bits per heavy atom. The maximum absolute atomic E-state index is 13.6. The molecule has 0 amide bonds. The fourth-order valence-corrected chi connectivity index (χ4v) is 3.91. The van der Waals surface area contributed by atoms with Gasteiger partial charge in [-0.15, -0.1) is 0 Å². The zero-order chi connectivity index (χ0) is 23.2. The summed E-state index contributed by atoms with van der Waals surface area (Å²) in [6.45, 7) is -0.706. The number of anilines is 1. The first-order valence-corrected chi connectivity index (χ1v) is 10.8. The molecule has 15 heteroatoms. The van der Waals surface area contributed by atoms with Crippen molar-refractivity contribution in [2.24, 2.45) is 0 Å². The van der Waals surface area contributed by atoms with Crippen molar-refractivity contribution >= 4 is 24.9 Å². The van der Waals surface area contributed by atoms with E-state index >= 15 is 0 Å². The van der Waals surface area contributed by atoms with Gasteiger partial charge in [-0.1, -0.05) is 17.1 Å². The Morgan fingerprint density at radius 1 is 1.41 bits per heavy atom. The number of aromatic amines is 1. The lowest BCUT2D eigenvalue weighted by Crippen LogP contribution is -2.46. The normalized spacial score (nSPS) is 25.3. The molecule has 0 bridgehead atoms. The zero-order valence-electron chi connectivity index (χ0n) is 16.2. The molecular formula is C17H19FN5O8P. The molecule has 3 heterocycles. The molecule has 2 aromatic heterocycles. The second-order valence-corrected chi connectivity index (χ2v) is 8.41. The van der Waals surface area contributed by atoms with Gasteiger partial charge in [0, 0.05) is 0 Å².